The standard InChI is InChI=1S/C21H23N5O/c22-8-7-17-15-24-21-6-5-19(13-20(17)21)27-26-11-9-25(10-12-26)18-3-1-16(14-23)2-4-18/h1-6,13,15,24H,7-12,22H2. The van der Waals surface area contributed by atoms with E-state index in [2.05, 4.69) is 28.1 Å². The Morgan fingerprint density at radius 2 is 1.85 bits per heavy atom. The number of benzene rings is 2. The molecule has 1 fully saturated rings. The van der Waals surface area contributed by atoms with Gasteiger partial charge in [0.1, 0.15) is 5.75 Å². The highest BCUT2D eigenvalue weighted by Gasteiger charge is 2.19. The summed E-state index contributed by atoms with van der Waals surface area (Å²) in [6.07, 6.45) is 2.88. The van der Waals surface area contributed by atoms with Crippen molar-refractivity contribution < 1.29 is 4.84 Å². The van der Waals surface area contributed by atoms with Gasteiger partial charge in [-0.2, -0.15) is 5.26 Å². The number of nitrogens with one attached hydrogen (secondary N) is 1. The number of anilines is 1. The number of nitrogens with zero attached hydrogens (tertiary/aromatic N) is 3. The van der Waals surface area contributed by atoms with Crippen LogP contribution in [0.25, 0.3) is 10.9 Å². The minimum Gasteiger partial charge on any atom is -0.406 e. The molecular weight excluding hydrogens is 338 g/mol. The van der Waals surface area contributed by atoms with Crippen LogP contribution in [0.5, 0.6) is 5.75 Å². The molecule has 138 valence electrons. The normalized spacial score (nSPS) is 15.0. The van der Waals surface area contributed by atoms with E-state index in [0.29, 0.717) is 12.1 Å². The molecular formula is C21H23N5O. The van der Waals surface area contributed by atoms with Crippen molar-refractivity contribution in [1.29, 1.82) is 5.26 Å². The third-order valence-corrected chi connectivity index (χ3v) is 4.99. The number of aromatic nitrogens is 1. The van der Waals surface area contributed by atoms with Gasteiger partial charge in [0.25, 0.3) is 0 Å². The smallest absolute Gasteiger partial charge is 0.148 e. The summed E-state index contributed by atoms with van der Waals surface area (Å²) in [5.41, 5.74) is 9.87. The lowest BCUT2D eigenvalue weighted by Crippen LogP contribution is -2.47. The van der Waals surface area contributed by atoms with E-state index in [1.165, 1.54) is 10.9 Å². The van der Waals surface area contributed by atoms with Gasteiger partial charge < -0.3 is 20.5 Å². The fourth-order valence-electron chi connectivity index (χ4n) is 3.51. The molecule has 2 heterocycles. The Balaban J connectivity index is 1.39. The van der Waals surface area contributed by atoms with Crippen molar-refractivity contribution in [3.63, 3.8) is 0 Å². The monoisotopic (exact) mass is 361 g/mol. The second-order valence-electron chi connectivity index (χ2n) is 6.73. The molecule has 3 N–H and O–H groups in total. The van der Waals surface area contributed by atoms with Crippen molar-refractivity contribution in [2.24, 2.45) is 5.73 Å². The highest BCUT2D eigenvalue weighted by molar-refractivity contribution is 5.84. The fraction of sp³-hybridized carbons (Fsp3) is 0.286. The number of H-pyrrole nitrogens is 1. The van der Waals surface area contributed by atoms with Crippen LogP contribution in [0, 0.1) is 11.3 Å². The van der Waals surface area contributed by atoms with Crippen molar-refractivity contribution >= 4 is 16.6 Å². The van der Waals surface area contributed by atoms with E-state index in [4.69, 9.17) is 15.8 Å². The van der Waals surface area contributed by atoms with Gasteiger partial charge in [-0.25, -0.2) is 0 Å². The molecule has 0 spiro atoms. The van der Waals surface area contributed by atoms with Crippen LogP contribution < -0.4 is 15.5 Å². The third kappa shape index (κ3) is 3.75. The van der Waals surface area contributed by atoms with E-state index in [0.717, 1.165) is 49.6 Å². The molecule has 0 bridgehead atoms. The molecule has 1 aliphatic heterocycles. The minimum absolute atomic E-state index is 0.634. The highest BCUT2D eigenvalue weighted by Crippen LogP contribution is 2.25. The van der Waals surface area contributed by atoms with Crippen molar-refractivity contribution in [2.75, 3.05) is 37.6 Å². The number of nitriles is 1. The molecule has 0 atom stereocenters. The minimum atomic E-state index is 0.634. The molecule has 0 saturated carbocycles. The van der Waals surface area contributed by atoms with Crippen LogP contribution in [-0.2, 0) is 6.42 Å². The molecule has 2 aromatic carbocycles. The van der Waals surface area contributed by atoms with E-state index in [-0.39, 0.29) is 0 Å². The lowest BCUT2D eigenvalue weighted by Gasteiger charge is -2.35. The van der Waals surface area contributed by atoms with E-state index in [1.807, 2.05) is 41.6 Å². The molecule has 4 rings (SSSR count). The molecule has 6 nitrogen and oxygen atoms in total. The largest absolute Gasteiger partial charge is 0.406 e. The molecule has 0 aliphatic carbocycles. The molecule has 0 radical (unpaired) electrons. The zero-order chi connectivity index (χ0) is 18.6. The first-order valence-electron chi connectivity index (χ1n) is 9.25. The number of nitrogens with two attached hydrogens (primary N) is 1. The number of aromatic amines is 1. The Bertz CT molecular complexity index is 949. The number of fused-ring (bicyclic) bond motifs is 1. The topological polar surface area (TPSA) is 81.3 Å². The molecule has 1 aromatic heterocycles. The summed E-state index contributed by atoms with van der Waals surface area (Å²) in [5, 5.41) is 12.1. The number of hydrogen-bond acceptors (Lipinski definition) is 5. The Kier molecular flexibility index (Phi) is 4.97. The van der Waals surface area contributed by atoms with Gasteiger partial charge in [-0.05, 0) is 61.0 Å². The van der Waals surface area contributed by atoms with Crippen LogP contribution >= 0.6 is 0 Å². The number of rotatable bonds is 5. The Hall–Kier alpha value is -3.01. The molecule has 27 heavy (non-hydrogen) atoms. The molecule has 1 saturated heterocycles. The first-order valence-corrected chi connectivity index (χ1v) is 9.25. The van der Waals surface area contributed by atoms with Crippen LogP contribution in [0.1, 0.15) is 11.1 Å². The quantitative estimate of drug-likeness (QED) is 0.730. The summed E-state index contributed by atoms with van der Waals surface area (Å²) in [4.78, 5) is 11.7. The average molecular weight is 361 g/mol. The van der Waals surface area contributed by atoms with Crippen LogP contribution in [0.3, 0.4) is 0 Å². The molecule has 1 aliphatic rings. The SMILES string of the molecule is N#Cc1ccc(N2CCN(Oc3ccc4[nH]cc(CCN)c4c3)CC2)cc1. The number of hydrogen-bond donors (Lipinski definition) is 2. The van der Waals surface area contributed by atoms with Crippen molar-refractivity contribution in [3.05, 3.63) is 59.8 Å². The van der Waals surface area contributed by atoms with Crippen molar-refractivity contribution in [2.45, 2.75) is 6.42 Å². The van der Waals surface area contributed by atoms with Crippen LogP contribution in [0.15, 0.2) is 48.7 Å². The fourth-order valence-corrected chi connectivity index (χ4v) is 3.51. The summed E-state index contributed by atoms with van der Waals surface area (Å²) >= 11 is 0. The van der Waals surface area contributed by atoms with Gasteiger partial charge in [0, 0.05) is 35.9 Å². The maximum absolute atomic E-state index is 8.92. The van der Waals surface area contributed by atoms with E-state index >= 15 is 0 Å². The Labute approximate surface area is 158 Å². The maximum Gasteiger partial charge on any atom is 0.148 e. The lowest BCUT2D eigenvalue weighted by molar-refractivity contribution is -0.0618. The summed E-state index contributed by atoms with van der Waals surface area (Å²) in [7, 11) is 0. The Morgan fingerprint density at radius 1 is 1.07 bits per heavy atom. The van der Waals surface area contributed by atoms with Gasteiger partial charge in [0.15, 0.2) is 0 Å². The molecule has 0 amide bonds. The number of piperazine rings is 1. The summed E-state index contributed by atoms with van der Waals surface area (Å²) < 4.78 is 0. The zero-order valence-electron chi connectivity index (χ0n) is 15.2. The van der Waals surface area contributed by atoms with Gasteiger partial charge in [0.05, 0.1) is 24.7 Å². The third-order valence-electron chi connectivity index (χ3n) is 4.99. The molecule has 0 unspecified atom stereocenters. The van der Waals surface area contributed by atoms with E-state index < -0.39 is 0 Å². The highest BCUT2D eigenvalue weighted by atomic mass is 16.7. The second kappa shape index (κ2) is 7.70. The predicted molar refractivity (Wildman–Crippen MR) is 107 cm³/mol. The molecule has 3 aromatic rings. The number of hydroxylamine groups is 2. The van der Waals surface area contributed by atoms with Crippen LogP contribution in [0.4, 0.5) is 5.69 Å². The zero-order valence-corrected chi connectivity index (χ0v) is 15.2. The van der Waals surface area contributed by atoms with Gasteiger partial charge in [-0.15, -0.1) is 5.06 Å². The van der Waals surface area contributed by atoms with Gasteiger partial charge in [-0.3, -0.25) is 0 Å². The first-order chi connectivity index (χ1) is 13.3. The summed E-state index contributed by atoms with van der Waals surface area (Å²) in [6, 6.07) is 16.0. The van der Waals surface area contributed by atoms with E-state index in [1.54, 1.807) is 0 Å². The van der Waals surface area contributed by atoms with Crippen LogP contribution in [0.2, 0.25) is 0 Å². The van der Waals surface area contributed by atoms with E-state index in [9.17, 15) is 0 Å². The summed E-state index contributed by atoms with van der Waals surface area (Å²) in [5.74, 6) is 0.854. The molecule has 6 heteroatoms. The van der Waals surface area contributed by atoms with Gasteiger partial charge >= 0.3 is 0 Å². The Morgan fingerprint density at radius 3 is 2.56 bits per heavy atom. The van der Waals surface area contributed by atoms with Crippen molar-refractivity contribution in [3.8, 4) is 11.8 Å². The average Bonchev–Trinajstić information content (AvgIpc) is 3.11. The maximum atomic E-state index is 8.92. The first kappa shape index (κ1) is 17.4. The summed E-state index contributed by atoms with van der Waals surface area (Å²) in [6.45, 7) is 4.05. The second-order valence-corrected chi connectivity index (χ2v) is 6.73. The van der Waals surface area contributed by atoms with Crippen LogP contribution in [-0.4, -0.2) is 42.8 Å². The lowest BCUT2D eigenvalue weighted by atomic mass is 10.1. The van der Waals surface area contributed by atoms with Gasteiger partial charge in [0.2, 0.25) is 0 Å². The van der Waals surface area contributed by atoms with Gasteiger partial charge in [-0.1, -0.05) is 0 Å². The van der Waals surface area contributed by atoms with Crippen molar-refractivity contribution in [1.82, 2.24) is 10.0 Å². The predicted octanol–water partition coefficient (Wildman–Crippen LogP) is 2.66.